The van der Waals surface area contributed by atoms with Crippen molar-refractivity contribution in [3.8, 4) is 0 Å². The number of nitrogens with one attached hydrogen (secondary N) is 1. The number of carbonyl (C=O) groups excluding carboxylic acids is 1. The van der Waals surface area contributed by atoms with Crippen LogP contribution in [0, 0.1) is 5.92 Å². The van der Waals surface area contributed by atoms with E-state index in [4.69, 9.17) is 4.74 Å². The molecule has 1 saturated heterocycles. The summed E-state index contributed by atoms with van der Waals surface area (Å²) in [7, 11) is 2.03. The van der Waals surface area contributed by atoms with Crippen molar-refractivity contribution in [1.82, 2.24) is 10.2 Å². The lowest BCUT2D eigenvalue weighted by molar-refractivity contribution is -0.148. The van der Waals surface area contributed by atoms with Crippen LogP contribution >= 0.6 is 0 Å². The van der Waals surface area contributed by atoms with E-state index in [-0.39, 0.29) is 11.9 Å². The lowest BCUT2D eigenvalue weighted by atomic mass is 10.1. The topological polar surface area (TPSA) is 41.6 Å². The molecule has 76 valence electrons. The van der Waals surface area contributed by atoms with Crippen LogP contribution in [0.1, 0.15) is 6.92 Å². The van der Waals surface area contributed by atoms with Crippen molar-refractivity contribution in [2.45, 2.75) is 6.92 Å². The maximum atomic E-state index is 11.4. The zero-order valence-electron chi connectivity index (χ0n) is 8.38. The van der Waals surface area contributed by atoms with Gasteiger partial charge >= 0.3 is 5.97 Å². The largest absolute Gasteiger partial charge is 0.466 e. The fraction of sp³-hybridized carbons (Fsp3) is 0.889. The van der Waals surface area contributed by atoms with Crippen LogP contribution in [0.15, 0.2) is 0 Å². The van der Waals surface area contributed by atoms with Crippen molar-refractivity contribution >= 4 is 5.97 Å². The van der Waals surface area contributed by atoms with Gasteiger partial charge in [-0.3, -0.25) is 4.79 Å². The third kappa shape index (κ3) is 3.32. The van der Waals surface area contributed by atoms with Crippen molar-refractivity contribution < 1.29 is 9.53 Å². The molecule has 1 rings (SSSR count). The second-order valence-electron chi connectivity index (χ2n) is 3.42. The SMILES string of the molecule is CCOC(=O)C1CNCCN(C)C1. The number of ether oxygens (including phenoxy) is 1. The molecule has 0 amide bonds. The van der Waals surface area contributed by atoms with Crippen LogP contribution in [0.3, 0.4) is 0 Å². The van der Waals surface area contributed by atoms with Crippen LogP contribution in [0.2, 0.25) is 0 Å². The summed E-state index contributed by atoms with van der Waals surface area (Å²) in [5.74, 6) is -0.0869. The molecule has 13 heavy (non-hydrogen) atoms. The number of esters is 1. The van der Waals surface area contributed by atoms with Crippen LogP contribution in [0.25, 0.3) is 0 Å². The maximum Gasteiger partial charge on any atom is 0.311 e. The minimum Gasteiger partial charge on any atom is -0.466 e. The number of nitrogens with zero attached hydrogens (tertiary/aromatic N) is 1. The summed E-state index contributed by atoms with van der Waals surface area (Å²) in [6, 6.07) is 0. The molecule has 0 aliphatic carbocycles. The Morgan fingerprint density at radius 3 is 3.15 bits per heavy atom. The third-order valence-electron chi connectivity index (χ3n) is 2.21. The predicted octanol–water partition coefficient (Wildman–Crippen LogP) is -0.299. The molecule has 4 nitrogen and oxygen atoms in total. The van der Waals surface area contributed by atoms with Crippen molar-refractivity contribution in [3.63, 3.8) is 0 Å². The molecular weight excluding hydrogens is 168 g/mol. The van der Waals surface area contributed by atoms with Crippen LogP contribution in [-0.2, 0) is 9.53 Å². The second-order valence-corrected chi connectivity index (χ2v) is 3.42. The lowest BCUT2D eigenvalue weighted by Crippen LogP contribution is -2.33. The molecule has 0 radical (unpaired) electrons. The first-order valence-electron chi connectivity index (χ1n) is 4.80. The van der Waals surface area contributed by atoms with E-state index >= 15 is 0 Å². The summed E-state index contributed by atoms with van der Waals surface area (Å²) in [4.78, 5) is 13.6. The Balaban J connectivity index is 2.42. The third-order valence-corrected chi connectivity index (χ3v) is 2.21. The van der Waals surface area contributed by atoms with Gasteiger partial charge in [0.15, 0.2) is 0 Å². The molecule has 0 saturated carbocycles. The highest BCUT2D eigenvalue weighted by molar-refractivity contribution is 5.73. The monoisotopic (exact) mass is 186 g/mol. The number of hydrogen-bond acceptors (Lipinski definition) is 4. The maximum absolute atomic E-state index is 11.4. The van der Waals surface area contributed by atoms with E-state index in [1.165, 1.54) is 0 Å². The van der Waals surface area contributed by atoms with Crippen LogP contribution < -0.4 is 5.32 Å². The molecule has 1 unspecified atom stereocenters. The number of hydrogen-bond donors (Lipinski definition) is 1. The lowest BCUT2D eigenvalue weighted by Gasteiger charge is -2.17. The molecule has 1 N–H and O–H groups in total. The van der Waals surface area contributed by atoms with Gasteiger partial charge in [-0.2, -0.15) is 0 Å². The van der Waals surface area contributed by atoms with E-state index in [1.807, 2.05) is 14.0 Å². The molecule has 1 fully saturated rings. The van der Waals surface area contributed by atoms with E-state index in [1.54, 1.807) is 0 Å². The quantitative estimate of drug-likeness (QED) is 0.601. The Hall–Kier alpha value is -0.610. The average Bonchev–Trinajstić information content (AvgIpc) is 2.30. The van der Waals surface area contributed by atoms with E-state index in [0.717, 1.165) is 26.2 Å². The smallest absolute Gasteiger partial charge is 0.311 e. The number of carbonyl (C=O) groups is 1. The fourth-order valence-corrected chi connectivity index (χ4v) is 1.50. The molecule has 4 heteroatoms. The summed E-state index contributed by atoms with van der Waals surface area (Å²) >= 11 is 0. The summed E-state index contributed by atoms with van der Waals surface area (Å²) < 4.78 is 4.98. The van der Waals surface area contributed by atoms with Crippen molar-refractivity contribution in [3.05, 3.63) is 0 Å². The predicted molar refractivity (Wildman–Crippen MR) is 50.5 cm³/mol. The minimum absolute atomic E-state index is 0.00699. The highest BCUT2D eigenvalue weighted by Gasteiger charge is 2.23. The number of likely N-dealkylation sites (N-methyl/N-ethyl adjacent to an activating group) is 1. The number of rotatable bonds is 2. The van der Waals surface area contributed by atoms with Gasteiger partial charge in [-0.1, -0.05) is 0 Å². The summed E-state index contributed by atoms with van der Waals surface area (Å²) in [6.07, 6.45) is 0. The Morgan fingerprint density at radius 1 is 1.69 bits per heavy atom. The van der Waals surface area contributed by atoms with Gasteiger partial charge in [0.05, 0.1) is 12.5 Å². The highest BCUT2D eigenvalue weighted by atomic mass is 16.5. The highest BCUT2D eigenvalue weighted by Crippen LogP contribution is 2.04. The zero-order valence-corrected chi connectivity index (χ0v) is 8.38. The van der Waals surface area contributed by atoms with Gasteiger partial charge in [0, 0.05) is 26.2 Å². The van der Waals surface area contributed by atoms with E-state index < -0.39 is 0 Å². The fourth-order valence-electron chi connectivity index (χ4n) is 1.50. The van der Waals surface area contributed by atoms with Crippen LogP contribution in [0.5, 0.6) is 0 Å². The Kier molecular flexibility index (Phi) is 4.18. The molecule has 1 heterocycles. The Bertz CT molecular complexity index is 173. The summed E-state index contributed by atoms with van der Waals surface area (Å²) in [5, 5.41) is 3.22. The Labute approximate surface area is 79.2 Å². The van der Waals surface area contributed by atoms with E-state index in [9.17, 15) is 4.79 Å². The van der Waals surface area contributed by atoms with Crippen molar-refractivity contribution in [2.75, 3.05) is 39.8 Å². The van der Waals surface area contributed by atoms with Gasteiger partial charge in [-0.05, 0) is 14.0 Å². The molecule has 0 aromatic rings. The molecule has 1 aliphatic heterocycles. The van der Waals surface area contributed by atoms with Gasteiger partial charge in [0.1, 0.15) is 0 Å². The zero-order chi connectivity index (χ0) is 9.68. The van der Waals surface area contributed by atoms with Gasteiger partial charge in [-0.25, -0.2) is 0 Å². The van der Waals surface area contributed by atoms with Crippen molar-refractivity contribution in [1.29, 1.82) is 0 Å². The Morgan fingerprint density at radius 2 is 2.46 bits per heavy atom. The first kappa shape index (κ1) is 10.5. The standard InChI is InChI=1S/C9H18N2O2/c1-3-13-9(12)8-6-10-4-5-11(2)7-8/h8,10H,3-7H2,1-2H3. The molecule has 0 aromatic carbocycles. The normalized spacial score (nSPS) is 25.2. The van der Waals surface area contributed by atoms with Gasteiger partial charge in [-0.15, -0.1) is 0 Å². The molecule has 1 atom stereocenters. The molecular formula is C9H18N2O2. The first-order chi connectivity index (χ1) is 6.24. The van der Waals surface area contributed by atoms with Crippen LogP contribution in [0.4, 0.5) is 0 Å². The van der Waals surface area contributed by atoms with Gasteiger partial charge < -0.3 is 15.0 Å². The van der Waals surface area contributed by atoms with Crippen LogP contribution in [-0.4, -0.2) is 50.7 Å². The first-order valence-corrected chi connectivity index (χ1v) is 4.80. The van der Waals surface area contributed by atoms with E-state index in [2.05, 4.69) is 10.2 Å². The summed E-state index contributed by atoms with van der Waals surface area (Å²) in [6.45, 7) is 5.79. The summed E-state index contributed by atoms with van der Waals surface area (Å²) in [5.41, 5.74) is 0. The molecule has 0 aromatic heterocycles. The molecule has 0 bridgehead atoms. The van der Waals surface area contributed by atoms with Gasteiger partial charge in [0.2, 0.25) is 0 Å². The minimum atomic E-state index is -0.0799. The van der Waals surface area contributed by atoms with E-state index in [0.29, 0.717) is 6.61 Å². The van der Waals surface area contributed by atoms with Gasteiger partial charge in [0.25, 0.3) is 0 Å². The van der Waals surface area contributed by atoms with Crippen molar-refractivity contribution in [2.24, 2.45) is 5.92 Å². The second kappa shape index (κ2) is 5.19. The molecule has 1 aliphatic rings. The average molecular weight is 186 g/mol. The molecule has 0 spiro atoms.